The largest absolute Gasteiger partial charge is 0.378 e. The molecule has 12 heteroatoms. The molecule has 2 amide bonds. The first-order valence-corrected chi connectivity index (χ1v) is 11.3. The number of nitrogens with one attached hydrogen (secondary N) is 3. The van der Waals surface area contributed by atoms with Gasteiger partial charge in [-0.25, -0.2) is 4.98 Å². The zero-order valence-corrected chi connectivity index (χ0v) is 19.1. The molecule has 0 aliphatic carbocycles. The van der Waals surface area contributed by atoms with E-state index in [0.717, 1.165) is 11.2 Å². The highest BCUT2D eigenvalue weighted by atomic mass is 32.1. The maximum absolute atomic E-state index is 12.6. The Balaban J connectivity index is 1.42. The van der Waals surface area contributed by atoms with E-state index in [1.165, 1.54) is 23.5 Å². The van der Waals surface area contributed by atoms with Crippen molar-refractivity contribution in [2.24, 2.45) is 0 Å². The van der Waals surface area contributed by atoms with Crippen molar-refractivity contribution in [2.45, 2.75) is 6.92 Å². The first-order chi connectivity index (χ1) is 16.4. The molecular formula is C22H22N6O5S. The molecule has 3 aromatic rings. The molecule has 2 aromatic carbocycles. The summed E-state index contributed by atoms with van der Waals surface area (Å²) in [5.41, 5.74) is 5.90. The molecule has 0 atom stereocenters. The number of para-hydroxylation sites is 1. The molecule has 1 fully saturated rings. The van der Waals surface area contributed by atoms with Crippen molar-refractivity contribution in [1.82, 2.24) is 15.8 Å². The van der Waals surface area contributed by atoms with E-state index in [2.05, 4.69) is 21.2 Å². The number of nitrogens with zero attached hydrogens (tertiary/aromatic N) is 3. The molecule has 0 saturated carbocycles. The van der Waals surface area contributed by atoms with E-state index in [0.29, 0.717) is 42.6 Å². The van der Waals surface area contributed by atoms with Crippen LogP contribution in [0.1, 0.15) is 25.7 Å². The fraction of sp³-hybridized carbons (Fsp3) is 0.227. The topological polar surface area (TPSA) is 139 Å². The number of ether oxygens (including phenoxy) is 1. The molecule has 0 bridgehead atoms. The van der Waals surface area contributed by atoms with Crippen molar-refractivity contribution in [3.63, 3.8) is 0 Å². The van der Waals surface area contributed by atoms with Crippen LogP contribution in [-0.2, 0) is 4.74 Å². The lowest BCUT2D eigenvalue weighted by Gasteiger charge is -2.25. The maximum atomic E-state index is 12.6. The number of benzene rings is 2. The van der Waals surface area contributed by atoms with Crippen LogP contribution in [0.5, 0.6) is 0 Å². The zero-order valence-electron chi connectivity index (χ0n) is 18.2. The van der Waals surface area contributed by atoms with Gasteiger partial charge in [0.1, 0.15) is 10.6 Å². The van der Waals surface area contributed by atoms with Gasteiger partial charge in [-0.3, -0.25) is 30.6 Å². The number of nitro groups is 1. The number of hydrazine groups is 1. The summed E-state index contributed by atoms with van der Waals surface area (Å²) in [6, 6.07) is 13.0. The molecule has 1 aliphatic rings. The average molecular weight is 483 g/mol. The van der Waals surface area contributed by atoms with Gasteiger partial charge < -0.3 is 15.0 Å². The SMILES string of the molecule is Cc1nc(N2CCOCC2)sc1C(=O)NNC(=O)c1ccc(Nc2ccccc2)c([N+](=O)[O-])c1. The van der Waals surface area contributed by atoms with Gasteiger partial charge in [0.25, 0.3) is 17.5 Å². The fourth-order valence-electron chi connectivity index (χ4n) is 3.33. The van der Waals surface area contributed by atoms with E-state index in [1.54, 1.807) is 31.2 Å². The fourth-order valence-corrected chi connectivity index (χ4v) is 4.35. The quantitative estimate of drug-likeness (QED) is 0.360. The second kappa shape index (κ2) is 10.3. The van der Waals surface area contributed by atoms with Crippen LogP contribution in [0.3, 0.4) is 0 Å². The van der Waals surface area contributed by atoms with Crippen LogP contribution < -0.4 is 21.1 Å². The van der Waals surface area contributed by atoms with Crippen LogP contribution in [0.25, 0.3) is 0 Å². The van der Waals surface area contributed by atoms with E-state index in [-0.39, 0.29) is 16.9 Å². The molecule has 1 saturated heterocycles. The number of carbonyl (C=O) groups excluding carboxylic acids is 2. The summed E-state index contributed by atoms with van der Waals surface area (Å²) < 4.78 is 5.34. The molecule has 2 heterocycles. The minimum atomic E-state index is -0.682. The summed E-state index contributed by atoms with van der Waals surface area (Å²) in [7, 11) is 0. The second-order valence-corrected chi connectivity index (χ2v) is 8.38. The number of rotatable bonds is 6. The number of nitro benzene ring substituents is 1. The Bertz CT molecular complexity index is 1210. The molecule has 176 valence electrons. The summed E-state index contributed by atoms with van der Waals surface area (Å²) in [6.45, 7) is 4.31. The van der Waals surface area contributed by atoms with Crippen molar-refractivity contribution in [3.8, 4) is 0 Å². The van der Waals surface area contributed by atoms with Crippen LogP contribution in [0.15, 0.2) is 48.5 Å². The molecule has 4 rings (SSSR count). The Labute approximate surface area is 198 Å². The standard InChI is InChI=1S/C22H22N6O5S/c1-14-19(34-22(23-14)27-9-11-33-12-10-27)21(30)26-25-20(29)15-7-8-17(18(13-15)28(31)32)24-16-5-3-2-4-6-16/h2-8,13,24H,9-12H2,1H3,(H,25,29)(H,26,30). The minimum Gasteiger partial charge on any atom is -0.378 e. The predicted octanol–water partition coefficient (Wildman–Crippen LogP) is 3.01. The highest BCUT2D eigenvalue weighted by Crippen LogP contribution is 2.29. The molecule has 0 radical (unpaired) electrons. The third kappa shape index (κ3) is 5.30. The normalized spacial score (nSPS) is 13.3. The Morgan fingerprint density at radius 2 is 1.79 bits per heavy atom. The number of carbonyl (C=O) groups is 2. The van der Waals surface area contributed by atoms with Crippen molar-refractivity contribution >= 4 is 45.3 Å². The highest BCUT2D eigenvalue weighted by molar-refractivity contribution is 7.17. The summed E-state index contributed by atoms with van der Waals surface area (Å²) in [4.78, 5) is 43.0. The molecule has 1 aliphatic heterocycles. The lowest BCUT2D eigenvalue weighted by molar-refractivity contribution is -0.383. The number of amides is 2. The van der Waals surface area contributed by atoms with Gasteiger partial charge in [-0.05, 0) is 31.2 Å². The predicted molar refractivity (Wildman–Crippen MR) is 128 cm³/mol. The zero-order chi connectivity index (χ0) is 24.1. The number of aryl methyl sites for hydroxylation is 1. The lowest BCUT2D eigenvalue weighted by atomic mass is 10.1. The van der Waals surface area contributed by atoms with Gasteiger partial charge in [0.15, 0.2) is 5.13 Å². The molecule has 0 unspecified atom stereocenters. The van der Waals surface area contributed by atoms with Gasteiger partial charge in [0, 0.05) is 30.4 Å². The van der Waals surface area contributed by atoms with Gasteiger partial charge >= 0.3 is 0 Å². The van der Waals surface area contributed by atoms with Crippen LogP contribution in [0.4, 0.5) is 22.2 Å². The van der Waals surface area contributed by atoms with Gasteiger partial charge in [-0.2, -0.15) is 0 Å². The van der Waals surface area contributed by atoms with E-state index >= 15 is 0 Å². The van der Waals surface area contributed by atoms with E-state index < -0.39 is 16.7 Å². The number of anilines is 3. The summed E-state index contributed by atoms with van der Waals surface area (Å²) >= 11 is 1.23. The smallest absolute Gasteiger partial charge is 0.293 e. The molecule has 1 aromatic heterocycles. The van der Waals surface area contributed by atoms with Crippen LogP contribution in [0.2, 0.25) is 0 Å². The Hall–Kier alpha value is -4.03. The van der Waals surface area contributed by atoms with Gasteiger partial charge in [0.2, 0.25) is 0 Å². The number of hydrogen-bond donors (Lipinski definition) is 3. The summed E-state index contributed by atoms with van der Waals surface area (Å²) in [5, 5.41) is 15.2. The molecule has 0 spiro atoms. The molecule has 3 N–H and O–H groups in total. The average Bonchev–Trinajstić information content (AvgIpc) is 3.25. The number of aromatic nitrogens is 1. The molecule has 34 heavy (non-hydrogen) atoms. The van der Waals surface area contributed by atoms with Gasteiger partial charge in [-0.1, -0.05) is 29.5 Å². The van der Waals surface area contributed by atoms with Crippen LogP contribution in [-0.4, -0.2) is 48.0 Å². The lowest BCUT2D eigenvalue weighted by Crippen LogP contribution is -2.41. The monoisotopic (exact) mass is 482 g/mol. The van der Waals surface area contributed by atoms with Gasteiger partial charge in [0.05, 0.1) is 23.8 Å². The van der Waals surface area contributed by atoms with Crippen molar-refractivity contribution in [1.29, 1.82) is 0 Å². The van der Waals surface area contributed by atoms with E-state index in [9.17, 15) is 19.7 Å². The van der Waals surface area contributed by atoms with Crippen molar-refractivity contribution in [3.05, 3.63) is 74.8 Å². The van der Waals surface area contributed by atoms with Crippen molar-refractivity contribution < 1.29 is 19.2 Å². The van der Waals surface area contributed by atoms with Gasteiger partial charge in [-0.15, -0.1) is 0 Å². The summed E-state index contributed by atoms with van der Waals surface area (Å²) in [6.07, 6.45) is 0. The number of thiazole rings is 1. The summed E-state index contributed by atoms with van der Waals surface area (Å²) in [5.74, 6) is -1.20. The first kappa shape index (κ1) is 23.1. The first-order valence-electron chi connectivity index (χ1n) is 10.4. The van der Waals surface area contributed by atoms with Crippen LogP contribution in [0, 0.1) is 17.0 Å². The number of hydrogen-bond acceptors (Lipinski definition) is 9. The Morgan fingerprint density at radius 3 is 2.50 bits per heavy atom. The van der Waals surface area contributed by atoms with Crippen LogP contribution >= 0.6 is 11.3 Å². The third-order valence-corrected chi connectivity index (χ3v) is 6.29. The van der Waals surface area contributed by atoms with Crippen molar-refractivity contribution in [2.75, 3.05) is 36.5 Å². The number of morpholine rings is 1. The maximum Gasteiger partial charge on any atom is 0.293 e. The van der Waals surface area contributed by atoms with E-state index in [1.807, 2.05) is 11.0 Å². The minimum absolute atomic E-state index is 0.0284. The Morgan fingerprint density at radius 1 is 1.09 bits per heavy atom. The Kier molecular flexibility index (Phi) is 6.99. The molecule has 11 nitrogen and oxygen atoms in total. The third-order valence-electron chi connectivity index (χ3n) is 5.07. The van der Waals surface area contributed by atoms with E-state index in [4.69, 9.17) is 4.74 Å². The second-order valence-electron chi connectivity index (χ2n) is 7.40. The molecular weight excluding hydrogens is 460 g/mol. The highest BCUT2D eigenvalue weighted by Gasteiger charge is 2.22.